The second-order valence-corrected chi connectivity index (χ2v) is 5.55. The van der Waals surface area contributed by atoms with E-state index in [9.17, 15) is 0 Å². The minimum atomic E-state index is 0.420. The summed E-state index contributed by atoms with van der Waals surface area (Å²) in [5, 5.41) is 2.25. The van der Waals surface area contributed by atoms with Crippen LogP contribution in [0.4, 0.5) is 0 Å². The van der Waals surface area contributed by atoms with E-state index in [4.69, 9.17) is 27.9 Å². The highest BCUT2D eigenvalue weighted by Crippen LogP contribution is 2.21. The predicted molar refractivity (Wildman–Crippen MR) is 86.7 cm³/mol. The molecule has 0 atom stereocenters. The molecule has 0 unspecified atom stereocenters. The number of pyridine rings is 1. The average molecular weight is 318 g/mol. The van der Waals surface area contributed by atoms with Crippen molar-refractivity contribution in [1.29, 1.82) is 0 Å². The Kier molecular flexibility index (Phi) is 4.39. The van der Waals surface area contributed by atoms with E-state index in [1.165, 1.54) is 0 Å². The summed E-state index contributed by atoms with van der Waals surface area (Å²) in [7, 11) is 0. The topological polar surface area (TPSA) is 22.1 Å². The van der Waals surface area contributed by atoms with Crippen LogP contribution in [0.15, 0.2) is 54.6 Å². The molecule has 3 aromatic rings. The lowest BCUT2D eigenvalue weighted by molar-refractivity contribution is 0.107. The van der Waals surface area contributed by atoms with Crippen LogP contribution in [-0.4, -0.2) is 4.98 Å². The molecule has 1 aromatic heterocycles. The number of ether oxygens (including phenoxy) is 1. The maximum Gasteiger partial charge on any atom is 0.135 e. The lowest BCUT2D eigenvalue weighted by atomic mass is 10.2. The van der Waals surface area contributed by atoms with Crippen molar-refractivity contribution in [3.63, 3.8) is 0 Å². The smallest absolute Gasteiger partial charge is 0.135 e. The van der Waals surface area contributed by atoms with Gasteiger partial charge in [0.25, 0.3) is 0 Å². The monoisotopic (exact) mass is 317 g/mol. The zero-order chi connectivity index (χ0) is 14.7. The lowest BCUT2D eigenvalue weighted by Crippen LogP contribution is -1.96. The van der Waals surface area contributed by atoms with Gasteiger partial charge in [-0.3, -0.25) is 0 Å². The number of halogens is 2. The highest BCUT2D eigenvalue weighted by molar-refractivity contribution is 6.30. The lowest BCUT2D eigenvalue weighted by Gasteiger charge is -2.08. The van der Waals surface area contributed by atoms with Crippen molar-refractivity contribution < 1.29 is 4.74 Å². The molecule has 0 saturated heterocycles. The molecular weight excluding hydrogens is 305 g/mol. The third-order valence-corrected chi connectivity index (χ3v) is 3.73. The van der Waals surface area contributed by atoms with E-state index >= 15 is 0 Å². The van der Waals surface area contributed by atoms with E-state index in [0.29, 0.717) is 23.4 Å². The Labute approximate surface area is 133 Å². The molecule has 106 valence electrons. The fraction of sp³-hybridized carbons (Fsp3) is 0.118. The van der Waals surface area contributed by atoms with Gasteiger partial charge >= 0.3 is 0 Å². The molecule has 0 bridgehead atoms. The highest BCUT2D eigenvalue weighted by Gasteiger charge is 2.05. The Balaban J connectivity index is 1.71. The van der Waals surface area contributed by atoms with Crippen molar-refractivity contribution in [3.05, 3.63) is 75.9 Å². The van der Waals surface area contributed by atoms with Crippen LogP contribution in [0.2, 0.25) is 10.2 Å². The standard InChI is InChI=1S/C17H13Cl2NO/c18-15-6-3-4-12(8-15)10-21-11-14-9-13-5-1-2-7-16(13)20-17(14)19/h1-9H,10-11H2. The van der Waals surface area contributed by atoms with Crippen molar-refractivity contribution in [3.8, 4) is 0 Å². The van der Waals surface area contributed by atoms with E-state index in [1.807, 2.05) is 54.6 Å². The Bertz CT molecular complexity index is 774. The molecule has 0 radical (unpaired) electrons. The third-order valence-electron chi connectivity index (χ3n) is 3.17. The number of nitrogens with zero attached hydrogens (tertiary/aromatic N) is 1. The number of rotatable bonds is 4. The zero-order valence-corrected chi connectivity index (χ0v) is 12.7. The van der Waals surface area contributed by atoms with Gasteiger partial charge in [0.05, 0.1) is 18.7 Å². The van der Waals surface area contributed by atoms with E-state index in [1.54, 1.807) is 0 Å². The summed E-state index contributed by atoms with van der Waals surface area (Å²) in [5.41, 5.74) is 2.81. The molecule has 2 nitrogen and oxygen atoms in total. The van der Waals surface area contributed by atoms with Crippen LogP contribution in [0.1, 0.15) is 11.1 Å². The van der Waals surface area contributed by atoms with Gasteiger partial charge in [0.15, 0.2) is 0 Å². The minimum Gasteiger partial charge on any atom is -0.372 e. The molecule has 21 heavy (non-hydrogen) atoms. The van der Waals surface area contributed by atoms with Gasteiger partial charge in [0, 0.05) is 16.0 Å². The maximum atomic E-state index is 6.20. The highest BCUT2D eigenvalue weighted by atomic mass is 35.5. The van der Waals surface area contributed by atoms with Gasteiger partial charge in [0.2, 0.25) is 0 Å². The Morgan fingerprint density at radius 3 is 2.62 bits per heavy atom. The summed E-state index contributed by atoms with van der Waals surface area (Å²) in [6.07, 6.45) is 0. The van der Waals surface area contributed by atoms with Gasteiger partial charge < -0.3 is 4.74 Å². The molecule has 0 saturated carbocycles. The fourth-order valence-corrected chi connectivity index (χ4v) is 2.56. The van der Waals surface area contributed by atoms with Crippen molar-refractivity contribution in [2.75, 3.05) is 0 Å². The Hall–Kier alpha value is -1.61. The average Bonchev–Trinajstić information content (AvgIpc) is 2.48. The predicted octanol–water partition coefficient (Wildman–Crippen LogP) is 5.26. The van der Waals surface area contributed by atoms with Gasteiger partial charge in [0.1, 0.15) is 5.15 Å². The normalized spacial score (nSPS) is 11.0. The first-order chi connectivity index (χ1) is 10.2. The van der Waals surface area contributed by atoms with Crippen molar-refractivity contribution >= 4 is 34.1 Å². The molecule has 0 aliphatic rings. The molecule has 2 aromatic carbocycles. The first kappa shape index (κ1) is 14.3. The third kappa shape index (κ3) is 3.53. The molecule has 0 amide bonds. The summed E-state index contributed by atoms with van der Waals surface area (Å²) < 4.78 is 5.71. The number of para-hydroxylation sites is 1. The molecule has 4 heteroatoms. The van der Waals surface area contributed by atoms with Crippen LogP contribution >= 0.6 is 23.2 Å². The van der Waals surface area contributed by atoms with Crippen LogP contribution in [0.5, 0.6) is 0 Å². The van der Waals surface area contributed by atoms with E-state index < -0.39 is 0 Å². The minimum absolute atomic E-state index is 0.420. The number of fused-ring (bicyclic) bond motifs is 1. The molecule has 3 rings (SSSR count). The van der Waals surface area contributed by atoms with Crippen molar-refractivity contribution in [1.82, 2.24) is 4.98 Å². The summed E-state index contributed by atoms with van der Waals surface area (Å²) in [6, 6.07) is 17.5. The molecular formula is C17H13Cl2NO. The summed E-state index contributed by atoms with van der Waals surface area (Å²) in [6.45, 7) is 0.910. The summed E-state index contributed by atoms with van der Waals surface area (Å²) in [5.74, 6) is 0. The Morgan fingerprint density at radius 1 is 0.905 bits per heavy atom. The SMILES string of the molecule is Clc1cccc(COCc2cc3ccccc3nc2Cl)c1. The van der Waals surface area contributed by atoms with Crippen LogP contribution in [0.3, 0.4) is 0 Å². The van der Waals surface area contributed by atoms with Crippen LogP contribution in [0, 0.1) is 0 Å². The van der Waals surface area contributed by atoms with Crippen LogP contribution < -0.4 is 0 Å². The maximum absolute atomic E-state index is 6.20. The summed E-state index contributed by atoms with van der Waals surface area (Å²) in [4.78, 5) is 4.38. The number of aromatic nitrogens is 1. The molecule has 1 heterocycles. The number of hydrogen-bond acceptors (Lipinski definition) is 2. The second-order valence-electron chi connectivity index (χ2n) is 4.75. The first-order valence-corrected chi connectivity index (χ1v) is 7.34. The van der Waals surface area contributed by atoms with Crippen molar-refractivity contribution in [2.45, 2.75) is 13.2 Å². The zero-order valence-electron chi connectivity index (χ0n) is 11.2. The molecule has 0 N–H and O–H groups in total. The van der Waals surface area contributed by atoms with Crippen LogP contribution in [0.25, 0.3) is 10.9 Å². The van der Waals surface area contributed by atoms with Gasteiger partial charge in [-0.1, -0.05) is 53.5 Å². The van der Waals surface area contributed by atoms with Gasteiger partial charge in [-0.05, 0) is 29.8 Å². The quantitative estimate of drug-likeness (QED) is 0.612. The molecule has 0 aliphatic carbocycles. The van der Waals surface area contributed by atoms with Gasteiger partial charge in [-0.15, -0.1) is 0 Å². The largest absolute Gasteiger partial charge is 0.372 e. The van der Waals surface area contributed by atoms with E-state index in [2.05, 4.69) is 4.98 Å². The second kappa shape index (κ2) is 6.44. The molecule has 0 fully saturated rings. The Morgan fingerprint density at radius 2 is 1.76 bits per heavy atom. The van der Waals surface area contributed by atoms with E-state index in [0.717, 1.165) is 22.0 Å². The van der Waals surface area contributed by atoms with Gasteiger partial charge in [-0.2, -0.15) is 0 Å². The van der Waals surface area contributed by atoms with Crippen molar-refractivity contribution in [2.24, 2.45) is 0 Å². The van der Waals surface area contributed by atoms with Gasteiger partial charge in [-0.25, -0.2) is 4.98 Å². The first-order valence-electron chi connectivity index (χ1n) is 6.59. The van der Waals surface area contributed by atoms with Crippen LogP contribution in [-0.2, 0) is 18.0 Å². The molecule has 0 spiro atoms. The van der Waals surface area contributed by atoms with E-state index in [-0.39, 0.29) is 0 Å². The molecule has 0 aliphatic heterocycles. The number of hydrogen-bond donors (Lipinski definition) is 0. The summed E-state index contributed by atoms with van der Waals surface area (Å²) >= 11 is 12.1. The number of benzene rings is 2. The fourth-order valence-electron chi connectivity index (χ4n) is 2.14.